The van der Waals surface area contributed by atoms with Crippen molar-refractivity contribution < 1.29 is 19.6 Å². The van der Waals surface area contributed by atoms with Crippen molar-refractivity contribution in [3.8, 4) is 0 Å². The molecule has 0 bridgehead atoms. The SMILES string of the molecule is O=C(SC[C@H](NSc1ccccc1[N+](=O)[O-])C(=O)O)c1ccccc1. The number of nitro benzene ring substituents is 1. The van der Waals surface area contributed by atoms with Crippen LogP contribution in [-0.4, -0.2) is 32.9 Å². The molecule has 0 aliphatic rings. The monoisotopic (exact) mass is 378 g/mol. The summed E-state index contributed by atoms with van der Waals surface area (Å²) in [6, 6.07) is 13.5. The normalized spacial score (nSPS) is 11.7. The molecule has 0 aromatic heterocycles. The molecule has 1 atom stereocenters. The molecule has 0 spiro atoms. The highest BCUT2D eigenvalue weighted by atomic mass is 32.2. The van der Waals surface area contributed by atoms with Crippen molar-refractivity contribution in [2.75, 3.05) is 5.75 Å². The zero-order valence-corrected chi connectivity index (χ0v) is 14.5. The first-order chi connectivity index (χ1) is 12.0. The maximum absolute atomic E-state index is 12.0. The first kappa shape index (κ1) is 19.0. The number of nitrogens with zero attached hydrogens (tertiary/aromatic N) is 1. The summed E-state index contributed by atoms with van der Waals surface area (Å²) < 4.78 is 2.68. The van der Waals surface area contributed by atoms with Crippen LogP contribution >= 0.6 is 23.7 Å². The number of nitro groups is 1. The zero-order valence-electron chi connectivity index (χ0n) is 12.8. The van der Waals surface area contributed by atoms with Crippen LogP contribution < -0.4 is 4.72 Å². The van der Waals surface area contributed by atoms with Crippen molar-refractivity contribution >= 4 is 40.5 Å². The quantitative estimate of drug-likeness (QED) is 0.409. The fourth-order valence-electron chi connectivity index (χ4n) is 1.80. The lowest BCUT2D eigenvalue weighted by molar-refractivity contribution is -0.387. The lowest BCUT2D eigenvalue weighted by atomic mass is 10.2. The smallest absolute Gasteiger partial charge is 0.322 e. The summed E-state index contributed by atoms with van der Waals surface area (Å²) in [5.41, 5.74) is 0.375. The number of carbonyl (C=O) groups excluding carboxylic acids is 1. The highest BCUT2D eigenvalue weighted by molar-refractivity contribution is 8.14. The van der Waals surface area contributed by atoms with Gasteiger partial charge in [-0.1, -0.05) is 54.2 Å². The topological polar surface area (TPSA) is 110 Å². The average Bonchev–Trinajstić information content (AvgIpc) is 2.62. The molecule has 2 N–H and O–H groups in total. The van der Waals surface area contributed by atoms with E-state index < -0.39 is 16.9 Å². The number of carbonyl (C=O) groups is 2. The largest absolute Gasteiger partial charge is 0.480 e. The van der Waals surface area contributed by atoms with E-state index in [-0.39, 0.29) is 16.6 Å². The standard InChI is InChI=1S/C16H14N2O5S2/c19-15(20)12(10-24-16(21)11-6-2-1-3-7-11)17-25-14-9-5-4-8-13(14)18(22)23/h1-9,12,17H,10H2,(H,19,20)/t12-/m0/s1. The molecule has 7 nitrogen and oxygen atoms in total. The van der Waals surface area contributed by atoms with Crippen LogP contribution in [0.25, 0.3) is 0 Å². The van der Waals surface area contributed by atoms with Crippen LogP contribution in [0.15, 0.2) is 59.5 Å². The predicted molar refractivity (Wildman–Crippen MR) is 96.7 cm³/mol. The van der Waals surface area contributed by atoms with Gasteiger partial charge in [0.2, 0.25) is 5.12 Å². The molecule has 2 aromatic carbocycles. The summed E-state index contributed by atoms with van der Waals surface area (Å²) in [5.74, 6) is -1.14. The number of carboxylic acid groups (broad SMARTS) is 1. The zero-order chi connectivity index (χ0) is 18.2. The molecule has 0 amide bonds. The van der Waals surface area contributed by atoms with Crippen LogP contribution in [0.1, 0.15) is 10.4 Å². The maximum Gasteiger partial charge on any atom is 0.322 e. The van der Waals surface area contributed by atoms with Crippen LogP contribution in [-0.2, 0) is 4.79 Å². The van der Waals surface area contributed by atoms with Gasteiger partial charge in [0.1, 0.15) is 10.9 Å². The Labute approximate surface area is 152 Å². The van der Waals surface area contributed by atoms with Crippen molar-refractivity contribution in [3.05, 3.63) is 70.3 Å². The van der Waals surface area contributed by atoms with E-state index >= 15 is 0 Å². The van der Waals surface area contributed by atoms with Crippen LogP contribution in [0.3, 0.4) is 0 Å². The minimum atomic E-state index is -1.14. The van der Waals surface area contributed by atoms with Gasteiger partial charge in [0.15, 0.2) is 0 Å². The molecule has 0 saturated carbocycles. The van der Waals surface area contributed by atoms with Gasteiger partial charge in [-0.05, 0) is 18.0 Å². The summed E-state index contributed by atoms with van der Waals surface area (Å²) in [6.45, 7) is 0. The number of hydrogen-bond donors (Lipinski definition) is 2. The molecular formula is C16H14N2O5S2. The molecule has 0 aliphatic carbocycles. The van der Waals surface area contributed by atoms with E-state index in [9.17, 15) is 24.8 Å². The fourth-order valence-corrected chi connectivity index (χ4v) is 3.60. The maximum atomic E-state index is 12.0. The Balaban J connectivity index is 1.97. The molecule has 0 fully saturated rings. The van der Waals surface area contributed by atoms with Gasteiger partial charge in [-0.25, -0.2) is 4.72 Å². The van der Waals surface area contributed by atoms with Gasteiger partial charge >= 0.3 is 5.97 Å². The Morgan fingerprint density at radius 1 is 1.12 bits per heavy atom. The van der Waals surface area contributed by atoms with E-state index in [0.29, 0.717) is 10.5 Å². The third-order valence-electron chi connectivity index (χ3n) is 3.06. The Morgan fingerprint density at radius 3 is 2.40 bits per heavy atom. The number of benzene rings is 2. The van der Waals surface area contributed by atoms with Crippen LogP contribution in [0.4, 0.5) is 5.69 Å². The van der Waals surface area contributed by atoms with Gasteiger partial charge in [0.05, 0.1) is 4.92 Å². The molecule has 0 heterocycles. The van der Waals surface area contributed by atoms with Crippen LogP contribution in [0.2, 0.25) is 0 Å². The summed E-state index contributed by atoms with van der Waals surface area (Å²) in [5, 5.41) is 20.0. The number of thioether (sulfide) groups is 1. The molecule has 25 heavy (non-hydrogen) atoms. The van der Waals surface area contributed by atoms with E-state index in [1.54, 1.807) is 36.4 Å². The number of para-hydroxylation sites is 1. The van der Waals surface area contributed by atoms with Crippen molar-refractivity contribution in [1.29, 1.82) is 0 Å². The van der Waals surface area contributed by atoms with E-state index in [1.807, 2.05) is 0 Å². The second-order valence-electron chi connectivity index (χ2n) is 4.80. The van der Waals surface area contributed by atoms with Crippen LogP contribution in [0.5, 0.6) is 0 Å². The Hall–Kier alpha value is -2.36. The number of nitrogens with one attached hydrogen (secondary N) is 1. The van der Waals surface area contributed by atoms with Gasteiger partial charge in [-0.2, -0.15) is 0 Å². The molecular weight excluding hydrogens is 364 g/mol. The highest BCUT2D eigenvalue weighted by Crippen LogP contribution is 2.27. The Bertz CT molecular complexity index is 770. The number of carboxylic acids is 1. The fraction of sp³-hybridized carbons (Fsp3) is 0.125. The predicted octanol–water partition coefficient (Wildman–Crippen LogP) is 3.22. The molecule has 0 unspecified atom stereocenters. The first-order valence-corrected chi connectivity index (χ1v) is 8.90. The van der Waals surface area contributed by atoms with Crippen LogP contribution in [0, 0.1) is 10.1 Å². The third-order valence-corrected chi connectivity index (χ3v) is 5.03. The molecule has 2 rings (SSSR count). The van der Waals surface area contributed by atoms with E-state index in [4.69, 9.17) is 0 Å². The van der Waals surface area contributed by atoms with Gasteiger partial charge in [0.25, 0.3) is 5.69 Å². The van der Waals surface area contributed by atoms with Gasteiger partial charge < -0.3 is 5.11 Å². The van der Waals surface area contributed by atoms with E-state index in [0.717, 1.165) is 23.7 Å². The summed E-state index contributed by atoms with van der Waals surface area (Å²) in [7, 11) is 0. The van der Waals surface area contributed by atoms with Crippen molar-refractivity contribution in [3.63, 3.8) is 0 Å². The molecule has 9 heteroatoms. The molecule has 2 aromatic rings. The molecule has 0 saturated heterocycles. The Kier molecular flexibility index (Phi) is 6.99. The lowest BCUT2D eigenvalue weighted by Crippen LogP contribution is -2.35. The number of aliphatic carboxylic acids is 1. The lowest BCUT2D eigenvalue weighted by Gasteiger charge is -2.13. The highest BCUT2D eigenvalue weighted by Gasteiger charge is 2.22. The third kappa shape index (κ3) is 5.59. The van der Waals surface area contributed by atoms with Gasteiger partial charge in [-0.15, -0.1) is 0 Å². The Morgan fingerprint density at radius 2 is 1.76 bits per heavy atom. The summed E-state index contributed by atoms with van der Waals surface area (Å²) >= 11 is 1.74. The molecule has 130 valence electrons. The van der Waals surface area contributed by atoms with Crippen molar-refractivity contribution in [1.82, 2.24) is 4.72 Å². The van der Waals surface area contributed by atoms with Crippen molar-refractivity contribution in [2.24, 2.45) is 0 Å². The number of hydrogen-bond acceptors (Lipinski definition) is 7. The molecule has 0 aliphatic heterocycles. The second-order valence-corrected chi connectivity index (χ2v) is 6.67. The molecule has 0 radical (unpaired) electrons. The van der Waals surface area contributed by atoms with E-state index in [2.05, 4.69) is 4.72 Å². The minimum Gasteiger partial charge on any atom is -0.480 e. The average molecular weight is 378 g/mol. The first-order valence-electron chi connectivity index (χ1n) is 7.10. The van der Waals surface area contributed by atoms with Gasteiger partial charge in [0, 0.05) is 17.4 Å². The summed E-state index contributed by atoms with van der Waals surface area (Å²) in [6.07, 6.45) is 0. The second kappa shape index (κ2) is 9.21. The summed E-state index contributed by atoms with van der Waals surface area (Å²) in [4.78, 5) is 34.1. The minimum absolute atomic E-state index is 0.00328. The van der Waals surface area contributed by atoms with Crippen molar-refractivity contribution in [2.45, 2.75) is 10.9 Å². The van der Waals surface area contributed by atoms with E-state index in [1.165, 1.54) is 18.2 Å². The van der Waals surface area contributed by atoms with Gasteiger partial charge in [-0.3, -0.25) is 19.7 Å². The number of rotatable bonds is 8.